The van der Waals surface area contributed by atoms with Crippen LogP contribution in [0.15, 0.2) is 24.3 Å². The van der Waals surface area contributed by atoms with Gasteiger partial charge in [0.25, 0.3) is 0 Å². The van der Waals surface area contributed by atoms with Crippen molar-refractivity contribution in [1.82, 2.24) is 4.90 Å². The van der Waals surface area contributed by atoms with Gasteiger partial charge < -0.3 is 4.90 Å². The zero-order valence-corrected chi connectivity index (χ0v) is 11.1. The molecule has 1 saturated heterocycles. The summed E-state index contributed by atoms with van der Waals surface area (Å²) < 4.78 is 0. The summed E-state index contributed by atoms with van der Waals surface area (Å²) in [6.07, 6.45) is 1.85. The van der Waals surface area contributed by atoms with Crippen LogP contribution in [-0.2, 0) is 4.79 Å². The normalized spacial score (nSPS) is 15.9. The van der Waals surface area contributed by atoms with Gasteiger partial charge in [-0.15, -0.1) is 0 Å². The predicted molar refractivity (Wildman–Crippen MR) is 70.7 cm³/mol. The molecule has 1 aliphatic rings. The van der Waals surface area contributed by atoms with Crippen molar-refractivity contribution in [3.8, 4) is 6.07 Å². The number of nitrogens with zero attached hydrogens (tertiary/aromatic N) is 2. The van der Waals surface area contributed by atoms with E-state index in [0.717, 1.165) is 12.8 Å². The average molecular weight is 277 g/mol. The number of nitriles is 1. The molecule has 98 valence electrons. The van der Waals surface area contributed by atoms with Crippen LogP contribution in [0.4, 0.5) is 0 Å². The van der Waals surface area contributed by atoms with Crippen LogP contribution >= 0.6 is 11.6 Å². The molecule has 0 bridgehead atoms. The summed E-state index contributed by atoms with van der Waals surface area (Å²) in [5.41, 5.74) is 0.298. The first-order valence-corrected chi connectivity index (χ1v) is 6.49. The molecular weight excluding hydrogens is 264 g/mol. The molecule has 1 aromatic carbocycles. The van der Waals surface area contributed by atoms with E-state index in [1.165, 1.54) is 6.07 Å². The Morgan fingerprint density at radius 3 is 2.58 bits per heavy atom. The minimum absolute atomic E-state index is 0.298. The van der Waals surface area contributed by atoms with E-state index >= 15 is 0 Å². The molecule has 1 aliphatic heterocycles. The number of hydrogen-bond donors (Lipinski definition) is 0. The average Bonchev–Trinajstić information content (AvgIpc) is 2.93. The van der Waals surface area contributed by atoms with Gasteiger partial charge in [0.05, 0.1) is 6.07 Å². The molecule has 0 N–H and O–H groups in total. The molecule has 5 heteroatoms. The molecule has 0 aliphatic carbocycles. The second kappa shape index (κ2) is 5.85. The molecule has 0 spiro atoms. The number of amides is 1. The quantitative estimate of drug-likeness (QED) is 0.628. The van der Waals surface area contributed by atoms with Crippen LogP contribution in [0.5, 0.6) is 0 Å². The topological polar surface area (TPSA) is 61.2 Å². The first kappa shape index (κ1) is 13.6. The van der Waals surface area contributed by atoms with Gasteiger partial charge in [-0.25, -0.2) is 0 Å². The number of carbonyl (C=O) groups excluding carboxylic acids is 2. The third-order valence-electron chi connectivity index (χ3n) is 3.17. The lowest BCUT2D eigenvalue weighted by molar-refractivity contribution is -0.131. The zero-order chi connectivity index (χ0) is 13.8. The number of halogens is 1. The Kier molecular flexibility index (Phi) is 4.18. The first-order valence-electron chi connectivity index (χ1n) is 6.11. The number of benzene rings is 1. The smallest absolute Gasteiger partial charge is 0.247 e. The van der Waals surface area contributed by atoms with Crippen molar-refractivity contribution >= 4 is 23.3 Å². The lowest BCUT2D eigenvalue weighted by atomic mass is 9.97. The standard InChI is InChI=1S/C14H13ClN2O2/c15-11-5-3-4-10(8-11)13(18)12(9-16)14(19)17-6-1-2-7-17/h3-5,8,12H,1-2,6-7H2. The van der Waals surface area contributed by atoms with Crippen LogP contribution < -0.4 is 0 Å². The number of ketones is 1. The van der Waals surface area contributed by atoms with Crippen molar-refractivity contribution in [2.45, 2.75) is 12.8 Å². The Balaban J connectivity index is 2.20. The van der Waals surface area contributed by atoms with Crippen molar-refractivity contribution in [2.24, 2.45) is 5.92 Å². The van der Waals surface area contributed by atoms with Gasteiger partial charge in [-0.3, -0.25) is 9.59 Å². The van der Waals surface area contributed by atoms with Crippen LogP contribution in [0.25, 0.3) is 0 Å². The molecule has 0 aromatic heterocycles. The maximum Gasteiger partial charge on any atom is 0.247 e. The maximum atomic E-state index is 12.2. The Morgan fingerprint density at radius 1 is 1.32 bits per heavy atom. The van der Waals surface area contributed by atoms with Gasteiger partial charge >= 0.3 is 0 Å². The number of hydrogen-bond acceptors (Lipinski definition) is 3. The summed E-state index contributed by atoms with van der Waals surface area (Å²) in [4.78, 5) is 25.9. The Hall–Kier alpha value is -1.86. The van der Waals surface area contributed by atoms with E-state index < -0.39 is 17.6 Å². The largest absolute Gasteiger partial charge is 0.341 e. The molecule has 0 saturated carbocycles. The van der Waals surface area contributed by atoms with Crippen LogP contribution in [0.3, 0.4) is 0 Å². The molecule has 1 amide bonds. The monoisotopic (exact) mass is 276 g/mol. The van der Waals surface area contributed by atoms with Gasteiger partial charge in [0, 0.05) is 23.7 Å². The van der Waals surface area contributed by atoms with Gasteiger partial charge in [-0.2, -0.15) is 5.26 Å². The van der Waals surface area contributed by atoms with E-state index in [2.05, 4.69) is 0 Å². The van der Waals surface area contributed by atoms with Crippen LogP contribution in [-0.4, -0.2) is 29.7 Å². The lowest BCUT2D eigenvalue weighted by Gasteiger charge is -2.18. The molecule has 4 nitrogen and oxygen atoms in total. The van der Waals surface area contributed by atoms with E-state index in [9.17, 15) is 9.59 Å². The Labute approximate surface area is 116 Å². The van der Waals surface area contributed by atoms with Crippen molar-refractivity contribution in [2.75, 3.05) is 13.1 Å². The fraction of sp³-hybridized carbons (Fsp3) is 0.357. The predicted octanol–water partition coefficient (Wildman–Crippen LogP) is 2.28. The van der Waals surface area contributed by atoms with Crippen LogP contribution in [0, 0.1) is 17.2 Å². The Morgan fingerprint density at radius 2 is 2.00 bits per heavy atom. The molecule has 1 unspecified atom stereocenters. The summed E-state index contributed by atoms with van der Waals surface area (Å²) in [7, 11) is 0. The first-order chi connectivity index (χ1) is 9.13. The second-order valence-electron chi connectivity index (χ2n) is 4.47. The number of likely N-dealkylation sites (tertiary alicyclic amines) is 1. The highest BCUT2D eigenvalue weighted by molar-refractivity contribution is 6.31. The molecule has 1 atom stereocenters. The molecule has 1 fully saturated rings. The van der Waals surface area contributed by atoms with E-state index in [0.29, 0.717) is 23.7 Å². The molecule has 19 heavy (non-hydrogen) atoms. The van der Waals surface area contributed by atoms with E-state index in [-0.39, 0.29) is 0 Å². The highest BCUT2D eigenvalue weighted by Gasteiger charge is 2.32. The fourth-order valence-corrected chi connectivity index (χ4v) is 2.34. The lowest BCUT2D eigenvalue weighted by Crippen LogP contribution is -2.37. The van der Waals surface area contributed by atoms with Gasteiger partial charge in [0.1, 0.15) is 0 Å². The van der Waals surface area contributed by atoms with Crippen molar-refractivity contribution in [3.63, 3.8) is 0 Å². The number of carbonyl (C=O) groups is 2. The number of rotatable bonds is 3. The summed E-state index contributed by atoms with van der Waals surface area (Å²) in [5, 5.41) is 9.52. The van der Waals surface area contributed by atoms with E-state index in [1.54, 1.807) is 23.1 Å². The second-order valence-corrected chi connectivity index (χ2v) is 4.91. The van der Waals surface area contributed by atoms with Crippen molar-refractivity contribution in [1.29, 1.82) is 5.26 Å². The molecule has 1 heterocycles. The highest BCUT2D eigenvalue weighted by atomic mass is 35.5. The zero-order valence-electron chi connectivity index (χ0n) is 10.3. The minimum Gasteiger partial charge on any atom is -0.341 e. The van der Waals surface area contributed by atoms with Gasteiger partial charge in [0.2, 0.25) is 5.91 Å². The Bertz CT molecular complexity index is 545. The molecule has 0 radical (unpaired) electrons. The summed E-state index contributed by atoms with van der Waals surface area (Å²) in [6.45, 7) is 1.25. The van der Waals surface area contributed by atoms with Crippen molar-refractivity contribution in [3.05, 3.63) is 34.9 Å². The third-order valence-corrected chi connectivity index (χ3v) is 3.40. The van der Waals surface area contributed by atoms with Gasteiger partial charge in [-0.1, -0.05) is 23.7 Å². The summed E-state index contributed by atoms with van der Waals surface area (Å²) in [6, 6.07) is 8.13. The van der Waals surface area contributed by atoms with E-state index in [4.69, 9.17) is 16.9 Å². The highest BCUT2D eigenvalue weighted by Crippen LogP contribution is 2.18. The van der Waals surface area contributed by atoms with Crippen molar-refractivity contribution < 1.29 is 9.59 Å². The third kappa shape index (κ3) is 2.94. The SMILES string of the molecule is N#CC(C(=O)c1cccc(Cl)c1)C(=O)N1CCCC1. The summed E-state index contributed by atoms with van der Waals surface area (Å²) >= 11 is 5.81. The maximum absolute atomic E-state index is 12.2. The minimum atomic E-state index is -1.27. The molecule has 2 rings (SSSR count). The summed E-state index contributed by atoms with van der Waals surface area (Å²) in [5.74, 6) is -2.15. The fourth-order valence-electron chi connectivity index (χ4n) is 2.15. The van der Waals surface area contributed by atoms with Crippen LogP contribution in [0.1, 0.15) is 23.2 Å². The van der Waals surface area contributed by atoms with Gasteiger partial charge in [0.15, 0.2) is 11.7 Å². The van der Waals surface area contributed by atoms with E-state index in [1.807, 2.05) is 6.07 Å². The molecular formula is C14H13ClN2O2. The van der Waals surface area contributed by atoms with Crippen LogP contribution in [0.2, 0.25) is 5.02 Å². The molecule has 1 aromatic rings. The number of Topliss-reactive ketones (excluding diaryl/α,β-unsaturated/α-hetero) is 1. The van der Waals surface area contributed by atoms with Gasteiger partial charge in [-0.05, 0) is 25.0 Å².